The van der Waals surface area contributed by atoms with E-state index in [1.165, 1.54) is 11.3 Å². The highest BCUT2D eigenvalue weighted by molar-refractivity contribution is 7.17. The quantitative estimate of drug-likeness (QED) is 0.767. The van der Waals surface area contributed by atoms with Gasteiger partial charge in [0.2, 0.25) is 11.9 Å². The molecule has 0 saturated heterocycles. The van der Waals surface area contributed by atoms with Gasteiger partial charge in [-0.3, -0.25) is 10.1 Å². The Kier molecular flexibility index (Phi) is 3.12. The zero-order valence-corrected chi connectivity index (χ0v) is 12.7. The summed E-state index contributed by atoms with van der Waals surface area (Å²) >= 11 is 1.17. The number of carbonyl (C=O) groups is 2. The first-order chi connectivity index (χ1) is 11.1. The van der Waals surface area contributed by atoms with E-state index >= 15 is 0 Å². The van der Waals surface area contributed by atoms with Crippen molar-refractivity contribution in [1.29, 1.82) is 0 Å². The Labute approximate surface area is 134 Å². The molecule has 23 heavy (non-hydrogen) atoms. The third-order valence-electron chi connectivity index (χ3n) is 3.61. The van der Waals surface area contributed by atoms with E-state index < -0.39 is 5.97 Å². The average Bonchev–Trinajstić information content (AvgIpc) is 3.11. The van der Waals surface area contributed by atoms with Gasteiger partial charge in [0, 0.05) is 5.92 Å². The molecule has 0 spiro atoms. The Morgan fingerprint density at radius 2 is 2.09 bits per heavy atom. The van der Waals surface area contributed by atoms with Gasteiger partial charge in [0.15, 0.2) is 5.65 Å². The highest BCUT2D eigenvalue weighted by Crippen LogP contribution is 2.31. The zero-order chi connectivity index (χ0) is 16.0. The fraction of sp³-hybridized carbons (Fsp3) is 0.200. The van der Waals surface area contributed by atoms with E-state index in [1.807, 2.05) is 12.1 Å². The normalized spacial score (nSPS) is 14.1. The van der Waals surface area contributed by atoms with E-state index in [4.69, 9.17) is 5.11 Å². The molecule has 0 radical (unpaired) electrons. The lowest BCUT2D eigenvalue weighted by atomic mass is 10.3. The number of amides is 1. The topological polar surface area (TPSA) is 96.6 Å². The predicted molar refractivity (Wildman–Crippen MR) is 84.6 cm³/mol. The summed E-state index contributed by atoms with van der Waals surface area (Å²) in [6.07, 6.45) is 1.83. The number of carbonyl (C=O) groups excluding carboxylic acids is 1. The predicted octanol–water partition coefficient (Wildman–Crippen LogP) is 2.50. The van der Waals surface area contributed by atoms with Crippen LogP contribution in [0.5, 0.6) is 0 Å². The number of pyridine rings is 1. The van der Waals surface area contributed by atoms with Crippen LogP contribution in [0.25, 0.3) is 16.2 Å². The Morgan fingerprint density at radius 3 is 2.78 bits per heavy atom. The first-order valence-electron chi connectivity index (χ1n) is 7.12. The van der Waals surface area contributed by atoms with Crippen molar-refractivity contribution >= 4 is 34.8 Å². The smallest absolute Gasteiger partial charge is 0.345 e. The number of hydrogen-bond donors (Lipinski definition) is 2. The molecule has 3 aromatic heterocycles. The van der Waals surface area contributed by atoms with Gasteiger partial charge in [-0.25, -0.2) is 9.31 Å². The van der Waals surface area contributed by atoms with Crippen LogP contribution in [0.3, 0.4) is 0 Å². The number of hydrogen-bond acceptors (Lipinski definition) is 5. The third kappa shape index (κ3) is 2.57. The molecule has 1 saturated carbocycles. The number of rotatable bonds is 4. The first kappa shape index (κ1) is 13.9. The van der Waals surface area contributed by atoms with Gasteiger partial charge in [0.05, 0.1) is 10.6 Å². The molecule has 0 atom stereocenters. The summed E-state index contributed by atoms with van der Waals surface area (Å²) in [6, 6.07) is 8.76. The van der Waals surface area contributed by atoms with Crippen molar-refractivity contribution < 1.29 is 14.7 Å². The fourth-order valence-electron chi connectivity index (χ4n) is 2.29. The average molecular weight is 328 g/mol. The third-order valence-corrected chi connectivity index (χ3v) is 4.71. The molecule has 3 heterocycles. The maximum absolute atomic E-state index is 11.8. The maximum atomic E-state index is 11.8. The molecule has 116 valence electrons. The molecule has 4 rings (SSSR count). The molecule has 0 aromatic carbocycles. The molecule has 1 amide bonds. The van der Waals surface area contributed by atoms with Crippen molar-refractivity contribution in [2.24, 2.45) is 5.92 Å². The Morgan fingerprint density at radius 1 is 1.26 bits per heavy atom. The molecule has 3 aromatic rings. The van der Waals surface area contributed by atoms with Crippen LogP contribution in [0.1, 0.15) is 22.5 Å². The van der Waals surface area contributed by atoms with Gasteiger partial charge < -0.3 is 5.11 Å². The molecule has 0 aliphatic heterocycles. The number of aromatic carboxylic acids is 1. The fourth-order valence-corrected chi connectivity index (χ4v) is 3.15. The summed E-state index contributed by atoms with van der Waals surface area (Å²) in [5.41, 5.74) is 1.33. The summed E-state index contributed by atoms with van der Waals surface area (Å²) in [5, 5.41) is 16.1. The van der Waals surface area contributed by atoms with E-state index in [1.54, 1.807) is 22.7 Å². The molecule has 1 aliphatic rings. The molecule has 0 bridgehead atoms. The van der Waals surface area contributed by atoms with E-state index in [0.717, 1.165) is 23.4 Å². The number of fused-ring (bicyclic) bond motifs is 1. The molecular formula is C15H12N4O3S. The van der Waals surface area contributed by atoms with Gasteiger partial charge >= 0.3 is 5.97 Å². The van der Waals surface area contributed by atoms with Gasteiger partial charge in [0.25, 0.3) is 0 Å². The molecular weight excluding hydrogens is 316 g/mol. The van der Waals surface area contributed by atoms with Crippen LogP contribution < -0.4 is 5.32 Å². The van der Waals surface area contributed by atoms with Gasteiger partial charge in [-0.05, 0) is 37.1 Å². The summed E-state index contributed by atoms with van der Waals surface area (Å²) in [7, 11) is 0. The number of carboxylic acid groups (broad SMARTS) is 1. The number of nitrogens with zero attached hydrogens (tertiary/aromatic N) is 3. The first-order valence-corrected chi connectivity index (χ1v) is 7.93. The van der Waals surface area contributed by atoms with E-state index in [-0.39, 0.29) is 22.7 Å². The van der Waals surface area contributed by atoms with E-state index in [0.29, 0.717) is 5.65 Å². The standard InChI is InChI=1S/C15H12N4O3S/c20-13(8-4-5-8)17-15-16-12-3-1-2-9(19(12)18-15)10-6-7-11(23-10)14(21)22/h1-3,6-8H,4-5H2,(H,21,22)(H,17,18,20). The second kappa shape index (κ2) is 5.17. The van der Waals surface area contributed by atoms with Crippen LogP contribution in [0.2, 0.25) is 0 Å². The van der Waals surface area contributed by atoms with E-state index in [2.05, 4.69) is 15.4 Å². The largest absolute Gasteiger partial charge is 0.477 e. The zero-order valence-electron chi connectivity index (χ0n) is 11.9. The Bertz CT molecular complexity index is 926. The van der Waals surface area contributed by atoms with Gasteiger partial charge in [-0.2, -0.15) is 4.98 Å². The van der Waals surface area contributed by atoms with Crippen molar-refractivity contribution in [2.75, 3.05) is 5.32 Å². The van der Waals surface area contributed by atoms with Crippen LogP contribution in [0, 0.1) is 5.92 Å². The van der Waals surface area contributed by atoms with Crippen molar-refractivity contribution in [1.82, 2.24) is 14.6 Å². The minimum Gasteiger partial charge on any atom is -0.477 e. The van der Waals surface area contributed by atoms with Crippen LogP contribution in [0.15, 0.2) is 30.3 Å². The SMILES string of the molecule is O=C(O)c1ccc(-c2cccc3nc(NC(=O)C4CC4)nn23)s1. The molecule has 1 aliphatic carbocycles. The second-order valence-electron chi connectivity index (χ2n) is 5.35. The van der Waals surface area contributed by atoms with Gasteiger partial charge in [-0.1, -0.05) is 6.07 Å². The van der Waals surface area contributed by atoms with Crippen molar-refractivity contribution in [3.63, 3.8) is 0 Å². The maximum Gasteiger partial charge on any atom is 0.345 e. The monoisotopic (exact) mass is 328 g/mol. The minimum atomic E-state index is -0.954. The molecule has 8 heteroatoms. The number of thiophene rings is 1. The van der Waals surface area contributed by atoms with Crippen molar-refractivity contribution in [3.05, 3.63) is 35.2 Å². The van der Waals surface area contributed by atoms with Gasteiger partial charge in [-0.15, -0.1) is 16.4 Å². The summed E-state index contributed by atoms with van der Waals surface area (Å²) in [5.74, 6) is -0.656. The summed E-state index contributed by atoms with van der Waals surface area (Å²) in [6.45, 7) is 0. The Balaban J connectivity index is 1.72. The highest BCUT2D eigenvalue weighted by Gasteiger charge is 2.30. The lowest BCUT2D eigenvalue weighted by Crippen LogP contribution is -2.14. The highest BCUT2D eigenvalue weighted by atomic mass is 32.1. The number of nitrogens with one attached hydrogen (secondary N) is 1. The summed E-state index contributed by atoms with van der Waals surface area (Å²) < 4.78 is 1.61. The van der Waals surface area contributed by atoms with Crippen molar-refractivity contribution in [2.45, 2.75) is 12.8 Å². The molecule has 2 N–H and O–H groups in total. The minimum absolute atomic E-state index is 0.0493. The van der Waals surface area contributed by atoms with Crippen molar-refractivity contribution in [3.8, 4) is 10.6 Å². The molecule has 0 unspecified atom stereocenters. The number of aromatic nitrogens is 3. The van der Waals surface area contributed by atoms with Crippen LogP contribution in [-0.2, 0) is 4.79 Å². The van der Waals surface area contributed by atoms with Crippen LogP contribution in [-0.4, -0.2) is 31.6 Å². The van der Waals surface area contributed by atoms with Crippen LogP contribution >= 0.6 is 11.3 Å². The van der Waals surface area contributed by atoms with Crippen LogP contribution in [0.4, 0.5) is 5.95 Å². The molecule has 7 nitrogen and oxygen atoms in total. The second-order valence-corrected chi connectivity index (χ2v) is 6.43. The van der Waals surface area contributed by atoms with E-state index in [9.17, 15) is 9.59 Å². The number of carboxylic acids is 1. The number of anilines is 1. The Hall–Kier alpha value is -2.74. The summed E-state index contributed by atoms with van der Waals surface area (Å²) in [4.78, 5) is 28.2. The lowest BCUT2D eigenvalue weighted by molar-refractivity contribution is -0.117. The molecule has 1 fully saturated rings. The van der Waals surface area contributed by atoms with Gasteiger partial charge in [0.1, 0.15) is 4.88 Å². The lowest BCUT2D eigenvalue weighted by Gasteiger charge is -2.00.